The predicted molar refractivity (Wildman–Crippen MR) is 70.3 cm³/mol. The largest absolute Gasteiger partial charge is 0.487 e. The summed E-state index contributed by atoms with van der Waals surface area (Å²) in [5.41, 5.74) is 1.20. The van der Waals surface area contributed by atoms with Crippen LogP contribution < -0.4 is 10.1 Å². The van der Waals surface area contributed by atoms with Crippen molar-refractivity contribution in [1.82, 2.24) is 5.32 Å². The molecule has 0 fully saturated rings. The lowest BCUT2D eigenvalue weighted by atomic mass is 10.2. The minimum Gasteiger partial charge on any atom is -0.487 e. The SMILES string of the molecule is C=CC(C)Oc1cccc(CNCCOC)c1. The van der Waals surface area contributed by atoms with E-state index in [-0.39, 0.29) is 6.10 Å². The van der Waals surface area contributed by atoms with Crippen LogP contribution in [-0.4, -0.2) is 26.4 Å². The second-order valence-electron chi connectivity index (χ2n) is 3.88. The Balaban J connectivity index is 2.45. The average molecular weight is 235 g/mol. The summed E-state index contributed by atoms with van der Waals surface area (Å²) in [7, 11) is 1.70. The summed E-state index contributed by atoms with van der Waals surface area (Å²) < 4.78 is 10.6. The van der Waals surface area contributed by atoms with Crippen LogP contribution in [0.5, 0.6) is 5.75 Å². The molecule has 0 aliphatic rings. The maximum absolute atomic E-state index is 5.66. The lowest BCUT2D eigenvalue weighted by Crippen LogP contribution is -2.18. The maximum atomic E-state index is 5.66. The lowest BCUT2D eigenvalue weighted by Gasteiger charge is -2.11. The third-order valence-corrected chi connectivity index (χ3v) is 2.36. The van der Waals surface area contributed by atoms with Crippen molar-refractivity contribution in [3.63, 3.8) is 0 Å². The van der Waals surface area contributed by atoms with Gasteiger partial charge in [0.15, 0.2) is 0 Å². The Bertz CT molecular complexity index is 339. The highest BCUT2D eigenvalue weighted by Crippen LogP contribution is 2.15. The average Bonchev–Trinajstić information content (AvgIpc) is 2.35. The lowest BCUT2D eigenvalue weighted by molar-refractivity contribution is 0.199. The number of hydrogen-bond acceptors (Lipinski definition) is 3. The summed E-state index contributed by atoms with van der Waals surface area (Å²) in [6, 6.07) is 8.07. The fraction of sp³-hybridized carbons (Fsp3) is 0.429. The van der Waals surface area contributed by atoms with E-state index >= 15 is 0 Å². The van der Waals surface area contributed by atoms with Gasteiger partial charge >= 0.3 is 0 Å². The number of benzene rings is 1. The van der Waals surface area contributed by atoms with Gasteiger partial charge in [-0.3, -0.25) is 0 Å². The van der Waals surface area contributed by atoms with Gasteiger partial charge in [0.25, 0.3) is 0 Å². The summed E-state index contributed by atoms with van der Waals surface area (Å²) >= 11 is 0. The second kappa shape index (κ2) is 7.87. The van der Waals surface area contributed by atoms with Crippen LogP contribution in [0.15, 0.2) is 36.9 Å². The van der Waals surface area contributed by atoms with E-state index in [1.54, 1.807) is 13.2 Å². The molecule has 1 unspecified atom stereocenters. The molecule has 1 rings (SSSR count). The molecule has 0 saturated carbocycles. The topological polar surface area (TPSA) is 30.5 Å². The van der Waals surface area contributed by atoms with Gasteiger partial charge < -0.3 is 14.8 Å². The second-order valence-corrected chi connectivity index (χ2v) is 3.88. The van der Waals surface area contributed by atoms with Crippen LogP contribution >= 0.6 is 0 Å². The van der Waals surface area contributed by atoms with Gasteiger partial charge in [0.2, 0.25) is 0 Å². The van der Waals surface area contributed by atoms with Gasteiger partial charge in [-0.25, -0.2) is 0 Å². The molecule has 3 heteroatoms. The molecule has 0 aliphatic carbocycles. The first kappa shape index (κ1) is 13.7. The third kappa shape index (κ3) is 5.52. The molecule has 1 atom stereocenters. The van der Waals surface area contributed by atoms with Crippen LogP contribution in [0, 0.1) is 0 Å². The molecule has 0 bridgehead atoms. The fourth-order valence-electron chi connectivity index (χ4n) is 1.40. The highest BCUT2D eigenvalue weighted by Gasteiger charge is 2.00. The smallest absolute Gasteiger partial charge is 0.120 e. The Morgan fingerprint density at radius 2 is 2.29 bits per heavy atom. The Labute approximate surface area is 103 Å². The highest BCUT2D eigenvalue weighted by molar-refractivity contribution is 5.28. The molecule has 0 spiro atoms. The molecule has 94 valence electrons. The molecule has 0 saturated heterocycles. The predicted octanol–water partition coefficient (Wildman–Crippen LogP) is 2.38. The van der Waals surface area contributed by atoms with Crippen LogP contribution in [0.2, 0.25) is 0 Å². The normalized spacial score (nSPS) is 12.1. The summed E-state index contributed by atoms with van der Waals surface area (Å²) in [5.74, 6) is 0.878. The Kier molecular flexibility index (Phi) is 6.37. The maximum Gasteiger partial charge on any atom is 0.120 e. The van der Waals surface area contributed by atoms with Gasteiger partial charge in [-0.2, -0.15) is 0 Å². The van der Waals surface area contributed by atoms with Crippen molar-refractivity contribution in [1.29, 1.82) is 0 Å². The van der Waals surface area contributed by atoms with Gasteiger partial charge in [0, 0.05) is 20.2 Å². The van der Waals surface area contributed by atoms with Gasteiger partial charge in [-0.1, -0.05) is 24.8 Å². The van der Waals surface area contributed by atoms with E-state index in [1.165, 1.54) is 5.56 Å². The van der Waals surface area contributed by atoms with E-state index in [9.17, 15) is 0 Å². The molecule has 0 aromatic heterocycles. The quantitative estimate of drug-likeness (QED) is 0.554. The van der Waals surface area contributed by atoms with Crippen molar-refractivity contribution in [3.8, 4) is 5.75 Å². The molecule has 17 heavy (non-hydrogen) atoms. The van der Waals surface area contributed by atoms with Crippen LogP contribution in [0.1, 0.15) is 12.5 Å². The summed E-state index contributed by atoms with van der Waals surface area (Å²) in [6.07, 6.45) is 1.82. The van der Waals surface area contributed by atoms with Crippen LogP contribution in [0.25, 0.3) is 0 Å². The molecular weight excluding hydrogens is 214 g/mol. The highest BCUT2D eigenvalue weighted by atomic mass is 16.5. The molecule has 0 amide bonds. The van der Waals surface area contributed by atoms with Gasteiger partial charge in [0.05, 0.1) is 6.61 Å². The van der Waals surface area contributed by atoms with E-state index in [1.807, 2.05) is 25.1 Å². The van der Waals surface area contributed by atoms with Crippen molar-refractivity contribution in [2.45, 2.75) is 19.6 Å². The first-order valence-corrected chi connectivity index (χ1v) is 5.84. The van der Waals surface area contributed by atoms with E-state index in [2.05, 4.69) is 18.0 Å². The van der Waals surface area contributed by atoms with Crippen molar-refractivity contribution >= 4 is 0 Å². The monoisotopic (exact) mass is 235 g/mol. The Hall–Kier alpha value is -1.32. The molecule has 1 N–H and O–H groups in total. The molecule has 1 aromatic carbocycles. The molecule has 1 aromatic rings. The first-order chi connectivity index (χ1) is 8.26. The summed E-state index contributed by atoms with van der Waals surface area (Å²) in [5, 5.41) is 3.30. The van der Waals surface area contributed by atoms with Gasteiger partial charge in [-0.05, 0) is 24.6 Å². The molecule has 0 heterocycles. The minimum absolute atomic E-state index is 0.0340. The Morgan fingerprint density at radius 1 is 1.47 bits per heavy atom. The zero-order chi connectivity index (χ0) is 12.5. The van der Waals surface area contributed by atoms with Gasteiger partial charge in [-0.15, -0.1) is 0 Å². The van der Waals surface area contributed by atoms with Crippen LogP contribution in [-0.2, 0) is 11.3 Å². The van der Waals surface area contributed by atoms with Crippen molar-refractivity contribution < 1.29 is 9.47 Å². The third-order valence-electron chi connectivity index (χ3n) is 2.36. The zero-order valence-electron chi connectivity index (χ0n) is 10.6. The molecule has 0 radical (unpaired) electrons. The number of methoxy groups -OCH3 is 1. The summed E-state index contributed by atoms with van der Waals surface area (Å²) in [6.45, 7) is 8.07. The fourth-order valence-corrected chi connectivity index (χ4v) is 1.40. The summed E-state index contributed by atoms with van der Waals surface area (Å²) in [4.78, 5) is 0. The van der Waals surface area contributed by atoms with Crippen LogP contribution in [0.3, 0.4) is 0 Å². The van der Waals surface area contributed by atoms with E-state index in [4.69, 9.17) is 9.47 Å². The zero-order valence-corrected chi connectivity index (χ0v) is 10.6. The molecular formula is C14H21NO2. The minimum atomic E-state index is 0.0340. The van der Waals surface area contributed by atoms with Crippen molar-refractivity contribution in [2.24, 2.45) is 0 Å². The number of hydrogen-bond donors (Lipinski definition) is 1. The Morgan fingerprint density at radius 3 is 3.00 bits per heavy atom. The van der Waals surface area contributed by atoms with E-state index in [0.29, 0.717) is 0 Å². The standard InChI is InChI=1S/C14H21NO2/c1-4-12(2)17-14-7-5-6-13(10-14)11-15-8-9-16-3/h4-7,10,12,15H,1,8-9,11H2,2-3H3. The molecule has 3 nitrogen and oxygen atoms in total. The van der Waals surface area contributed by atoms with E-state index < -0.39 is 0 Å². The van der Waals surface area contributed by atoms with E-state index in [0.717, 1.165) is 25.4 Å². The molecule has 0 aliphatic heterocycles. The van der Waals surface area contributed by atoms with Crippen LogP contribution in [0.4, 0.5) is 0 Å². The number of ether oxygens (including phenoxy) is 2. The van der Waals surface area contributed by atoms with Crippen molar-refractivity contribution in [2.75, 3.05) is 20.3 Å². The number of nitrogens with one attached hydrogen (secondary N) is 1. The number of rotatable bonds is 8. The van der Waals surface area contributed by atoms with Gasteiger partial charge in [0.1, 0.15) is 11.9 Å². The van der Waals surface area contributed by atoms with Crippen molar-refractivity contribution in [3.05, 3.63) is 42.5 Å². The first-order valence-electron chi connectivity index (χ1n) is 5.84.